The molecule has 0 spiro atoms. The van der Waals surface area contributed by atoms with Gasteiger partial charge in [0, 0.05) is 63.0 Å². The molecule has 1 aliphatic rings. The number of aryl methyl sites for hydroxylation is 1. The number of rotatable bonds is 7. The number of hydrogen-bond donors (Lipinski definition) is 2. The molecule has 1 aromatic carbocycles. The lowest BCUT2D eigenvalue weighted by atomic mass is 10.0. The van der Waals surface area contributed by atoms with Crippen molar-refractivity contribution >= 4 is 17.6 Å². The summed E-state index contributed by atoms with van der Waals surface area (Å²) in [6.07, 6.45) is 4.00. The Hall–Kier alpha value is -4.03. The van der Waals surface area contributed by atoms with Crippen LogP contribution in [0.5, 0.6) is 11.6 Å². The summed E-state index contributed by atoms with van der Waals surface area (Å²) in [7, 11) is 1.69. The normalized spacial score (nSPS) is 19.1. The van der Waals surface area contributed by atoms with E-state index in [1.54, 1.807) is 64.1 Å². The minimum atomic E-state index is -0.415. The molecule has 2 bridgehead atoms. The van der Waals surface area contributed by atoms with E-state index in [-0.39, 0.29) is 43.7 Å². The van der Waals surface area contributed by atoms with Crippen LogP contribution in [0.4, 0.5) is 10.5 Å². The quantitative estimate of drug-likeness (QED) is 0.457. The van der Waals surface area contributed by atoms with E-state index in [1.807, 2.05) is 26.1 Å². The average Bonchev–Trinajstić information content (AvgIpc) is 3.41. The molecule has 4 rings (SSSR count). The van der Waals surface area contributed by atoms with Gasteiger partial charge >= 0.3 is 6.03 Å². The van der Waals surface area contributed by atoms with Crippen molar-refractivity contribution in [2.24, 2.45) is 5.92 Å². The molecule has 0 saturated carbocycles. The fourth-order valence-electron chi connectivity index (χ4n) is 4.43. The van der Waals surface area contributed by atoms with E-state index in [2.05, 4.69) is 20.6 Å². The first kappa shape index (κ1) is 29.0. The standard InChI is InChI=1S/C28H37N7O5/c1-20-15-35(21(2)18-36)27(37)11-7-13-34-16-23(31-32-34)19-39-25(20)17-33(3)28(38)30-22-8-6-9-24(14-22)40-26-10-4-5-12-29-26/h4-6,8-10,12,14,16,20-21,25,36H,7,11,13,15,17-19H2,1-3H3,(H,30,38)/t20-,21-,25-/m0/s1. The summed E-state index contributed by atoms with van der Waals surface area (Å²) >= 11 is 0. The van der Waals surface area contributed by atoms with E-state index in [1.165, 1.54) is 0 Å². The molecule has 40 heavy (non-hydrogen) atoms. The van der Waals surface area contributed by atoms with Crippen molar-refractivity contribution in [1.29, 1.82) is 0 Å². The third-order valence-electron chi connectivity index (χ3n) is 6.79. The highest BCUT2D eigenvalue weighted by molar-refractivity contribution is 5.89. The van der Waals surface area contributed by atoms with Gasteiger partial charge in [0.05, 0.1) is 31.6 Å². The predicted molar refractivity (Wildman–Crippen MR) is 148 cm³/mol. The number of fused-ring (bicyclic) bond motifs is 2. The number of aliphatic hydroxyl groups is 1. The van der Waals surface area contributed by atoms with Crippen molar-refractivity contribution in [3.05, 3.63) is 60.6 Å². The van der Waals surface area contributed by atoms with Gasteiger partial charge in [0.1, 0.15) is 11.4 Å². The van der Waals surface area contributed by atoms with Gasteiger partial charge in [0.15, 0.2) is 0 Å². The Morgan fingerprint density at radius 3 is 2.92 bits per heavy atom. The predicted octanol–water partition coefficient (Wildman–Crippen LogP) is 3.15. The summed E-state index contributed by atoms with van der Waals surface area (Å²) in [5.41, 5.74) is 1.25. The van der Waals surface area contributed by atoms with Crippen molar-refractivity contribution in [3.8, 4) is 11.6 Å². The van der Waals surface area contributed by atoms with Crippen molar-refractivity contribution in [1.82, 2.24) is 29.8 Å². The second-order valence-corrected chi connectivity index (χ2v) is 10.1. The van der Waals surface area contributed by atoms with Crippen LogP contribution in [0.15, 0.2) is 54.9 Å². The van der Waals surface area contributed by atoms with Gasteiger partial charge in [0.25, 0.3) is 0 Å². The molecule has 2 N–H and O–H groups in total. The summed E-state index contributed by atoms with van der Waals surface area (Å²) < 4.78 is 13.7. The maximum absolute atomic E-state index is 13.1. The first-order chi connectivity index (χ1) is 19.3. The number of aromatic nitrogens is 4. The van der Waals surface area contributed by atoms with E-state index in [9.17, 15) is 14.7 Å². The Labute approximate surface area is 233 Å². The number of aliphatic hydroxyl groups excluding tert-OH is 1. The SMILES string of the molecule is C[C@H]1CN([C@@H](C)CO)C(=O)CCCn2cc(nn2)CO[C@H]1CN(C)C(=O)Nc1cccc(Oc2ccccn2)c1. The topological polar surface area (TPSA) is 135 Å². The fourth-order valence-corrected chi connectivity index (χ4v) is 4.43. The number of anilines is 1. The Kier molecular flexibility index (Phi) is 10.0. The zero-order valence-corrected chi connectivity index (χ0v) is 23.1. The number of urea groups is 1. The number of nitrogens with one attached hydrogen (secondary N) is 1. The molecule has 1 aliphatic heterocycles. The molecule has 3 aromatic rings. The van der Waals surface area contributed by atoms with E-state index in [0.29, 0.717) is 48.9 Å². The van der Waals surface area contributed by atoms with E-state index in [0.717, 1.165) is 0 Å². The number of likely N-dealkylation sites (N-methyl/N-ethyl adjacent to an activating group) is 1. The Balaban J connectivity index is 1.44. The van der Waals surface area contributed by atoms with Crippen LogP contribution in [0, 0.1) is 5.92 Å². The molecule has 3 amide bonds. The van der Waals surface area contributed by atoms with Gasteiger partial charge in [-0.2, -0.15) is 0 Å². The summed E-state index contributed by atoms with van der Waals surface area (Å²) in [6, 6.07) is 11.8. The molecule has 0 unspecified atom stereocenters. The van der Waals surface area contributed by atoms with Gasteiger partial charge in [-0.1, -0.05) is 24.3 Å². The van der Waals surface area contributed by atoms with Crippen LogP contribution < -0.4 is 10.1 Å². The minimum absolute atomic E-state index is 0.0364. The molecule has 214 valence electrons. The average molecular weight is 552 g/mol. The zero-order chi connectivity index (χ0) is 28.5. The lowest BCUT2D eigenvalue weighted by molar-refractivity contribution is -0.136. The van der Waals surface area contributed by atoms with Gasteiger partial charge < -0.3 is 29.7 Å². The number of carbonyl (C=O) groups is 2. The smallest absolute Gasteiger partial charge is 0.321 e. The maximum Gasteiger partial charge on any atom is 0.321 e. The Morgan fingerprint density at radius 2 is 2.15 bits per heavy atom. The molecule has 2 aromatic heterocycles. The number of hydrogen-bond acceptors (Lipinski definition) is 8. The summed E-state index contributed by atoms with van der Waals surface area (Å²) in [5.74, 6) is 0.822. The van der Waals surface area contributed by atoms with Gasteiger partial charge in [-0.3, -0.25) is 9.48 Å². The van der Waals surface area contributed by atoms with Crippen LogP contribution >= 0.6 is 0 Å². The largest absolute Gasteiger partial charge is 0.439 e. The Morgan fingerprint density at radius 1 is 1.30 bits per heavy atom. The molecule has 0 fully saturated rings. The molecule has 3 heterocycles. The highest BCUT2D eigenvalue weighted by Gasteiger charge is 2.29. The van der Waals surface area contributed by atoms with E-state index in [4.69, 9.17) is 9.47 Å². The molecular weight excluding hydrogens is 514 g/mol. The lowest BCUT2D eigenvalue weighted by Crippen LogP contribution is -2.48. The van der Waals surface area contributed by atoms with Gasteiger partial charge in [-0.15, -0.1) is 5.10 Å². The van der Waals surface area contributed by atoms with Crippen molar-refractivity contribution in [2.75, 3.05) is 32.1 Å². The molecule has 12 nitrogen and oxygen atoms in total. The van der Waals surface area contributed by atoms with E-state index < -0.39 is 6.10 Å². The molecular formula is C28H37N7O5. The molecule has 12 heteroatoms. The van der Waals surface area contributed by atoms with Crippen molar-refractivity contribution < 1.29 is 24.2 Å². The van der Waals surface area contributed by atoms with Crippen LogP contribution in [0.2, 0.25) is 0 Å². The van der Waals surface area contributed by atoms with Crippen LogP contribution in [-0.2, 0) is 22.7 Å². The molecule has 0 aliphatic carbocycles. The summed E-state index contributed by atoms with van der Waals surface area (Å²) in [4.78, 5) is 33.6. The van der Waals surface area contributed by atoms with Crippen LogP contribution in [0.25, 0.3) is 0 Å². The number of amides is 3. The Bertz CT molecular complexity index is 1250. The van der Waals surface area contributed by atoms with Crippen molar-refractivity contribution in [3.63, 3.8) is 0 Å². The van der Waals surface area contributed by atoms with Crippen LogP contribution in [0.3, 0.4) is 0 Å². The summed E-state index contributed by atoms with van der Waals surface area (Å²) in [6.45, 7) is 5.11. The first-order valence-corrected chi connectivity index (χ1v) is 13.4. The fraction of sp³-hybridized carbons (Fsp3) is 0.464. The number of ether oxygens (including phenoxy) is 2. The van der Waals surface area contributed by atoms with Gasteiger partial charge in [-0.05, 0) is 31.5 Å². The number of nitrogens with zero attached hydrogens (tertiary/aromatic N) is 6. The number of benzene rings is 1. The number of carbonyl (C=O) groups excluding carboxylic acids is 2. The molecule has 3 atom stereocenters. The summed E-state index contributed by atoms with van der Waals surface area (Å²) in [5, 5.41) is 21.0. The lowest BCUT2D eigenvalue weighted by Gasteiger charge is -2.35. The van der Waals surface area contributed by atoms with Crippen molar-refractivity contribution in [2.45, 2.75) is 52.0 Å². The third-order valence-corrected chi connectivity index (χ3v) is 6.79. The first-order valence-electron chi connectivity index (χ1n) is 13.4. The maximum atomic E-state index is 13.1. The second kappa shape index (κ2) is 13.9. The third kappa shape index (κ3) is 7.99. The molecule has 0 saturated heterocycles. The molecule has 0 radical (unpaired) electrons. The highest BCUT2D eigenvalue weighted by atomic mass is 16.5. The second-order valence-electron chi connectivity index (χ2n) is 10.1. The minimum Gasteiger partial charge on any atom is -0.439 e. The number of pyridine rings is 1. The van der Waals surface area contributed by atoms with E-state index >= 15 is 0 Å². The van der Waals surface area contributed by atoms with Crippen LogP contribution in [-0.4, -0.2) is 85.7 Å². The van der Waals surface area contributed by atoms with Gasteiger partial charge in [-0.25, -0.2) is 9.78 Å². The van der Waals surface area contributed by atoms with Crippen LogP contribution in [0.1, 0.15) is 32.4 Å². The monoisotopic (exact) mass is 551 g/mol. The zero-order valence-electron chi connectivity index (χ0n) is 23.1. The van der Waals surface area contributed by atoms with Gasteiger partial charge in [0.2, 0.25) is 11.8 Å². The highest BCUT2D eigenvalue weighted by Crippen LogP contribution is 2.23.